The Balaban J connectivity index is 1.85. The van der Waals surface area contributed by atoms with Crippen molar-refractivity contribution in [2.24, 2.45) is 0 Å². The minimum Gasteiger partial charge on any atom is -0.497 e. The van der Waals surface area contributed by atoms with Crippen LogP contribution in [0.2, 0.25) is 0 Å². The summed E-state index contributed by atoms with van der Waals surface area (Å²) in [5.74, 6) is 1.64. The molecule has 7 nitrogen and oxygen atoms in total. The van der Waals surface area contributed by atoms with Gasteiger partial charge in [-0.15, -0.1) is 5.53 Å². The molecule has 0 aromatic heterocycles. The van der Waals surface area contributed by atoms with Crippen molar-refractivity contribution in [3.05, 3.63) is 47.9 Å². The standard InChI is InChI=1S/C17H22N4O3/c1-20-11-15(18-19-20)16-8-13(22)6-7-21(16)10-12-4-5-14(23-2)9-17(12)24-3/h4-7,9,11,16,18-19H,8,10H2,1-3H3. The maximum absolute atomic E-state index is 11.9. The van der Waals surface area contributed by atoms with Crippen LogP contribution in [0.15, 0.2) is 42.4 Å². The average Bonchev–Trinajstić information content (AvgIpc) is 3.03. The molecule has 0 aliphatic carbocycles. The van der Waals surface area contributed by atoms with Crippen LogP contribution in [0.1, 0.15) is 12.0 Å². The Morgan fingerprint density at radius 1 is 1.29 bits per heavy atom. The molecule has 128 valence electrons. The molecule has 2 aliphatic rings. The number of ether oxygens (including phenoxy) is 2. The number of benzene rings is 1. The fourth-order valence-corrected chi connectivity index (χ4v) is 2.88. The average molecular weight is 330 g/mol. The van der Waals surface area contributed by atoms with Crippen LogP contribution in [0.3, 0.4) is 0 Å². The number of carbonyl (C=O) groups excluding carboxylic acids is 1. The van der Waals surface area contributed by atoms with Gasteiger partial charge >= 0.3 is 0 Å². The van der Waals surface area contributed by atoms with Gasteiger partial charge in [0.25, 0.3) is 0 Å². The molecule has 2 heterocycles. The molecule has 0 saturated carbocycles. The summed E-state index contributed by atoms with van der Waals surface area (Å²) in [6, 6.07) is 5.71. The predicted octanol–water partition coefficient (Wildman–Crippen LogP) is 1.16. The molecule has 0 spiro atoms. The summed E-state index contributed by atoms with van der Waals surface area (Å²) in [7, 11) is 5.17. The summed E-state index contributed by atoms with van der Waals surface area (Å²) < 4.78 is 10.7. The van der Waals surface area contributed by atoms with Crippen molar-refractivity contribution in [3.63, 3.8) is 0 Å². The van der Waals surface area contributed by atoms with Crippen LogP contribution in [0.4, 0.5) is 0 Å². The Morgan fingerprint density at radius 2 is 2.12 bits per heavy atom. The molecular weight excluding hydrogens is 308 g/mol. The molecule has 0 amide bonds. The second kappa shape index (κ2) is 6.84. The van der Waals surface area contributed by atoms with Crippen LogP contribution >= 0.6 is 0 Å². The molecule has 1 aromatic carbocycles. The highest BCUT2D eigenvalue weighted by Gasteiger charge is 2.29. The van der Waals surface area contributed by atoms with Gasteiger partial charge in [-0.3, -0.25) is 9.80 Å². The number of methoxy groups -OCH3 is 2. The van der Waals surface area contributed by atoms with Crippen LogP contribution in [0.25, 0.3) is 0 Å². The lowest BCUT2D eigenvalue weighted by Gasteiger charge is -2.33. The quantitative estimate of drug-likeness (QED) is 0.840. The minimum absolute atomic E-state index is 0.0493. The van der Waals surface area contributed by atoms with E-state index in [0.29, 0.717) is 13.0 Å². The van der Waals surface area contributed by atoms with E-state index in [-0.39, 0.29) is 11.8 Å². The van der Waals surface area contributed by atoms with E-state index in [1.54, 1.807) is 20.3 Å². The third-order valence-corrected chi connectivity index (χ3v) is 4.16. The van der Waals surface area contributed by atoms with Gasteiger partial charge in [-0.25, -0.2) is 0 Å². The van der Waals surface area contributed by atoms with Gasteiger partial charge in [0.2, 0.25) is 0 Å². The van der Waals surface area contributed by atoms with Crippen LogP contribution < -0.4 is 20.4 Å². The van der Waals surface area contributed by atoms with Crippen molar-refractivity contribution in [1.29, 1.82) is 0 Å². The van der Waals surface area contributed by atoms with E-state index in [9.17, 15) is 4.79 Å². The van der Waals surface area contributed by atoms with Crippen molar-refractivity contribution in [2.75, 3.05) is 21.3 Å². The minimum atomic E-state index is -0.0493. The Morgan fingerprint density at radius 3 is 2.79 bits per heavy atom. The monoisotopic (exact) mass is 330 g/mol. The first-order valence-corrected chi connectivity index (χ1v) is 7.74. The van der Waals surface area contributed by atoms with Gasteiger partial charge in [-0.2, -0.15) is 0 Å². The van der Waals surface area contributed by atoms with Crippen LogP contribution in [-0.2, 0) is 11.3 Å². The van der Waals surface area contributed by atoms with E-state index in [1.165, 1.54) is 0 Å². The van der Waals surface area contributed by atoms with Gasteiger partial charge < -0.3 is 19.8 Å². The van der Waals surface area contributed by atoms with E-state index >= 15 is 0 Å². The molecular formula is C17H22N4O3. The molecule has 2 N–H and O–H groups in total. The van der Waals surface area contributed by atoms with E-state index < -0.39 is 0 Å². The molecule has 0 bridgehead atoms. The summed E-state index contributed by atoms with van der Waals surface area (Å²) in [6.45, 7) is 0.629. The molecule has 7 heteroatoms. The summed E-state index contributed by atoms with van der Waals surface area (Å²) in [5.41, 5.74) is 8.10. The Labute approximate surface area is 141 Å². The number of rotatable bonds is 5. The molecule has 0 radical (unpaired) electrons. The third kappa shape index (κ3) is 3.30. The summed E-state index contributed by atoms with van der Waals surface area (Å²) in [6.07, 6.45) is 5.86. The van der Waals surface area contributed by atoms with Crippen LogP contribution in [0.5, 0.6) is 11.5 Å². The number of nitrogens with one attached hydrogen (secondary N) is 2. The van der Waals surface area contributed by atoms with Gasteiger partial charge in [0.15, 0.2) is 5.78 Å². The van der Waals surface area contributed by atoms with Crippen LogP contribution in [-0.4, -0.2) is 43.0 Å². The van der Waals surface area contributed by atoms with Crippen molar-refractivity contribution in [2.45, 2.75) is 19.0 Å². The highest BCUT2D eigenvalue weighted by Crippen LogP contribution is 2.29. The number of ketones is 1. The van der Waals surface area contributed by atoms with Gasteiger partial charge in [-0.1, -0.05) is 0 Å². The van der Waals surface area contributed by atoms with Crippen molar-refractivity contribution in [1.82, 2.24) is 20.9 Å². The second-order valence-electron chi connectivity index (χ2n) is 5.78. The number of hydrogen-bond donors (Lipinski definition) is 2. The van der Waals surface area contributed by atoms with Gasteiger partial charge in [0.1, 0.15) is 11.5 Å². The van der Waals surface area contributed by atoms with Crippen molar-refractivity contribution >= 4 is 5.78 Å². The first-order chi connectivity index (χ1) is 11.6. The molecule has 1 atom stereocenters. The number of hydrazine groups is 2. The largest absolute Gasteiger partial charge is 0.497 e. The number of allylic oxidation sites excluding steroid dienone is 1. The molecule has 1 aromatic rings. The maximum atomic E-state index is 11.9. The molecule has 1 unspecified atom stereocenters. The fraction of sp³-hybridized carbons (Fsp3) is 0.353. The maximum Gasteiger partial charge on any atom is 0.159 e. The third-order valence-electron chi connectivity index (χ3n) is 4.16. The lowest BCUT2D eigenvalue weighted by atomic mass is 10.0. The van der Waals surface area contributed by atoms with E-state index in [4.69, 9.17) is 9.47 Å². The topological polar surface area (TPSA) is 66.1 Å². The highest BCUT2D eigenvalue weighted by atomic mass is 16.5. The van der Waals surface area contributed by atoms with Crippen molar-refractivity contribution in [3.8, 4) is 11.5 Å². The van der Waals surface area contributed by atoms with Gasteiger partial charge in [-0.05, 0) is 18.2 Å². The zero-order chi connectivity index (χ0) is 17.1. The Bertz CT molecular complexity index is 686. The van der Waals surface area contributed by atoms with Gasteiger partial charge in [0.05, 0.1) is 26.0 Å². The lowest BCUT2D eigenvalue weighted by Crippen LogP contribution is -2.42. The van der Waals surface area contributed by atoms with Crippen molar-refractivity contribution < 1.29 is 14.3 Å². The lowest BCUT2D eigenvalue weighted by molar-refractivity contribution is -0.116. The first-order valence-electron chi connectivity index (χ1n) is 7.74. The molecule has 3 rings (SSSR count). The van der Waals surface area contributed by atoms with E-state index in [2.05, 4.69) is 15.9 Å². The molecule has 0 saturated heterocycles. The van der Waals surface area contributed by atoms with Crippen LogP contribution in [0, 0.1) is 0 Å². The second-order valence-corrected chi connectivity index (χ2v) is 5.78. The SMILES string of the molecule is COc1ccc(CN2C=CC(=O)CC2C2=CN(C)NN2)c(OC)c1. The molecule has 24 heavy (non-hydrogen) atoms. The summed E-state index contributed by atoms with van der Waals surface area (Å²) in [5, 5.41) is 1.82. The zero-order valence-electron chi connectivity index (χ0n) is 14.1. The zero-order valence-corrected chi connectivity index (χ0v) is 14.1. The fourth-order valence-electron chi connectivity index (χ4n) is 2.88. The Hall–Kier alpha value is -2.67. The summed E-state index contributed by atoms with van der Waals surface area (Å²) >= 11 is 0. The highest BCUT2D eigenvalue weighted by molar-refractivity contribution is 5.91. The molecule has 2 aliphatic heterocycles. The number of carbonyl (C=O) groups is 1. The number of nitrogens with zero attached hydrogens (tertiary/aromatic N) is 2. The van der Waals surface area contributed by atoms with E-state index in [1.807, 2.05) is 42.7 Å². The normalized spacial score (nSPS) is 20.0. The first kappa shape index (κ1) is 16.2. The predicted molar refractivity (Wildman–Crippen MR) is 89.8 cm³/mol. The number of hydrogen-bond acceptors (Lipinski definition) is 7. The summed E-state index contributed by atoms with van der Waals surface area (Å²) in [4.78, 5) is 14.0. The van der Waals surface area contributed by atoms with Gasteiger partial charge in [0, 0.05) is 44.0 Å². The smallest absolute Gasteiger partial charge is 0.159 e. The van der Waals surface area contributed by atoms with E-state index in [0.717, 1.165) is 22.8 Å². The Kier molecular flexibility index (Phi) is 4.61. The molecule has 0 fully saturated rings.